The molecular weight excluding hydrogens is 839 g/mol. The largest absolute Gasteiger partial charge is 0.462 e. The van der Waals surface area contributed by atoms with Crippen molar-refractivity contribution in [2.45, 2.75) is 289 Å². The molecule has 3 unspecified atom stereocenters. The summed E-state index contributed by atoms with van der Waals surface area (Å²) in [6.07, 6.45) is 72.3. The van der Waals surface area contributed by atoms with Gasteiger partial charge in [-0.1, -0.05) is 254 Å². The Morgan fingerprint density at radius 2 is 0.794 bits per heavy atom. The predicted octanol–water partition coefficient (Wildman–Crippen LogP) is 17.9. The number of hydrogen-bond donors (Lipinski definition) is 3. The van der Waals surface area contributed by atoms with Crippen LogP contribution < -0.4 is 5.32 Å². The zero-order chi connectivity index (χ0) is 49.5. The Hall–Kier alpha value is -2.96. The minimum absolute atomic E-state index is 0.0387. The molecule has 0 fully saturated rings. The molecule has 0 radical (unpaired) electrons. The van der Waals surface area contributed by atoms with Gasteiger partial charge in [0.1, 0.15) is 6.10 Å². The molecule has 0 aromatic carbocycles. The highest BCUT2D eigenvalue weighted by Crippen LogP contribution is 2.18. The molecular formula is C62H109NO5. The third-order valence-corrected chi connectivity index (χ3v) is 12.7. The lowest BCUT2D eigenvalue weighted by Gasteiger charge is -2.24. The van der Waals surface area contributed by atoms with E-state index in [2.05, 4.69) is 105 Å². The van der Waals surface area contributed by atoms with Crippen LogP contribution in [0.25, 0.3) is 0 Å². The first-order chi connectivity index (χ1) is 33.5. The molecule has 6 nitrogen and oxygen atoms in total. The molecule has 0 aromatic rings. The molecule has 0 aromatic heterocycles. The molecule has 3 atom stereocenters. The molecule has 392 valence electrons. The van der Waals surface area contributed by atoms with E-state index in [9.17, 15) is 19.8 Å². The van der Waals surface area contributed by atoms with Crippen molar-refractivity contribution in [1.82, 2.24) is 5.32 Å². The van der Waals surface area contributed by atoms with Crippen LogP contribution in [0.2, 0.25) is 0 Å². The summed E-state index contributed by atoms with van der Waals surface area (Å²) in [6, 6.07) is -0.724. The van der Waals surface area contributed by atoms with E-state index in [1.807, 2.05) is 6.08 Å². The van der Waals surface area contributed by atoms with Gasteiger partial charge in [-0.05, 0) is 89.9 Å². The summed E-state index contributed by atoms with van der Waals surface area (Å²) in [4.78, 5) is 26.2. The van der Waals surface area contributed by atoms with Crippen molar-refractivity contribution in [2.75, 3.05) is 6.61 Å². The quantitative estimate of drug-likeness (QED) is 0.0321. The fraction of sp³-hybridized carbons (Fsp3) is 0.742. The van der Waals surface area contributed by atoms with Gasteiger partial charge < -0.3 is 20.3 Å². The zero-order valence-electron chi connectivity index (χ0n) is 44.7. The van der Waals surface area contributed by atoms with Crippen molar-refractivity contribution in [3.63, 3.8) is 0 Å². The lowest BCUT2D eigenvalue weighted by atomic mass is 10.0. The van der Waals surface area contributed by atoms with Crippen LogP contribution in [0.4, 0.5) is 0 Å². The summed E-state index contributed by atoms with van der Waals surface area (Å²) in [5.41, 5.74) is 0. The zero-order valence-corrected chi connectivity index (χ0v) is 44.7. The number of rotatable bonds is 51. The van der Waals surface area contributed by atoms with Crippen molar-refractivity contribution in [3.05, 3.63) is 85.1 Å². The number of nitrogens with one attached hydrogen (secondary N) is 1. The van der Waals surface area contributed by atoms with Crippen molar-refractivity contribution in [3.8, 4) is 0 Å². The van der Waals surface area contributed by atoms with Gasteiger partial charge in [-0.3, -0.25) is 9.59 Å². The van der Waals surface area contributed by atoms with Gasteiger partial charge in [0.05, 0.1) is 25.2 Å². The van der Waals surface area contributed by atoms with Crippen LogP contribution in [0.3, 0.4) is 0 Å². The van der Waals surface area contributed by atoms with Gasteiger partial charge in [0.15, 0.2) is 0 Å². The highest BCUT2D eigenvalue weighted by molar-refractivity contribution is 5.77. The summed E-state index contributed by atoms with van der Waals surface area (Å²) in [7, 11) is 0. The first-order valence-corrected chi connectivity index (χ1v) is 28.8. The number of ether oxygens (including phenoxy) is 1. The van der Waals surface area contributed by atoms with Crippen molar-refractivity contribution >= 4 is 11.9 Å². The third-order valence-electron chi connectivity index (χ3n) is 12.7. The van der Waals surface area contributed by atoms with Crippen LogP contribution in [-0.2, 0) is 14.3 Å². The van der Waals surface area contributed by atoms with E-state index >= 15 is 0 Å². The lowest BCUT2D eigenvalue weighted by Crippen LogP contribution is -2.46. The standard InChI is InChI=1S/C62H109NO5/c1-4-7-10-13-16-19-22-25-27-29-30-32-34-37-40-43-46-49-52-55-62(67)68-58(53-50-47-44-41-38-35-24-21-18-15-12-9-6-3)56-61(66)63-59(57-64)60(65)54-51-48-45-42-39-36-33-31-28-26-23-20-17-14-11-8-5-2/h7,10,16,19,21,24-25,27,30,32,37,40,46,49,58-60,64-65H,4-6,8-9,11-15,17-18,20,22-23,26,28-29,31,33-36,38-39,41-45,47-48,50-57H2,1-3H3,(H,63,66)/b10-7-,19-16-,24-21-,27-25-,32-30-,40-37-,49-46-. The first-order valence-electron chi connectivity index (χ1n) is 28.8. The molecule has 68 heavy (non-hydrogen) atoms. The van der Waals surface area contributed by atoms with E-state index in [1.54, 1.807) is 0 Å². The maximum Gasteiger partial charge on any atom is 0.306 e. The van der Waals surface area contributed by atoms with E-state index in [-0.39, 0.29) is 31.3 Å². The molecule has 0 rings (SSSR count). The Morgan fingerprint density at radius 3 is 1.22 bits per heavy atom. The number of carbonyl (C=O) groups excluding carboxylic acids is 2. The third kappa shape index (κ3) is 49.5. The number of aliphatic hydroxyl groups is 2. The number of amides is 1. The summed E-state index contributed by atoms with van der Waals surface area (Å²) < 4.78 is 5.91. The van der Waals surface area contributed by atoms with Gasteiger partial charge in [0.2, 0.25) is 5.91 Å². The molecule has 3 N–H and O–H groups in total. The Morgan fingerprint density at radius 1 is 0.441 bits per heavy atom. The fourth-order valence-electron chi connectivity index (χ4n) is 8.39. The second kappa shape index (κ2) is 55.0. The fourth-order valence-corrected chi connectivity index (χ4v) is 8.39. The summed E-state index contributed by atoms with van der Waals surface area (Å²) in [6.45, 7) is 6.36. The SMILES string of the molecule is CC/C=C\C/C=C\C/C=C\C/C=C\C/C=C\C/C=C\CCC(=O)OC(CCCCCCC/C=C\CCCCCC)CC(=O)NC(CO)C(O)CCCCCCCCCCCCCCCCCCC. The number of carbonyl (C=O) groups is 2. The highest BCUT2D eigenvalue weighted by atomic mass is 16.5. The first kappa shape index (κ1) is 65.0. The molecule has 0 saturated heterocycles. The second-order valence-corrected chi connectivity index (χ2v) is 19.3. The molecule has 0 heterocycles. The molecule has 0 aliphatic carbocycles. The van der Waals surface area contributed by atoms with Crippen LogP contribution in [0.5, 0.6) is 0 Å². The topological polar surface area (TPSA) is 95.9 Å². The van der Waals surface area contributed by atoms with Crippen LogP contribution in [0.1, 0.15) is 271 Å². The van der Waals surface area contributed by atoms with Gasteiger partial charge >= 0.3 is 5.97 Å². The smallest absolute Gasteiger partial charge is 0.306 e. The van der Waals surface area contributed by atoms with Gasteiger partial charge in [-0.2, -0.15) is 0 Å². The van der Waals surface area contributed by atoms with E-state index < -0.39 is 18.2 Å². The number of esters is 1. The molecule has 0 aliphatic rings. The Kier molecular flexibility index (Phi) is 52.6. The van der Waals surface area contributed by atoms with Crippen molar-refractivity contribution in [1.29, 1.82) is 0 Å². The molecule has 0 bridgehead atoms. The number of aliphatic hydroxyl groups excluding tert-OH is 2. The van der Waals surface area contributed by atoms with Crippen LogP contribution in [0.15, 0.2) is 85.1 Å². The number of hydrogen-bond acceptors (Lipinski definition) is 5. The maximum atomic E-state index is 13.3. The second-order valence-electron chi connectivity index (χ2n) is 19.3. The number of unbranched alkanes of at least 4 members (excludes halogenated alkanes) is 25. The van der Waals surface area contributed by atoms with Gasteiger partial charge in [-0.25, -0.2) is 0 Å². The predicted molar refractivity (Wildman–Crippen MR) is 296 cm³/mol. The monoisotopic (exact) mass is 948 g/mol. The van der Waals surface area contributed by atoms with E-state index in [4.69, 9.17) is 4.74 Å². The molecule has 1 amide bonds. The average Bonchev–Trinajstić information content (AvgIpc) is 3.33. The summed E-state index contributed by atoms with van der Waals surface area (Å²) >= 11 is 0. The minimum atomic E-state index is -0.807. The Bertz CT molecular complexity index is 1290. The summed E-state index contributed by atoms with van der Waals surface area (Å²) in [5.74, 6) is -0.580. The van der Waals surface area contributed by atoms with Gasteiger partial charge in [0, 0.05) is 6.42 Å². The molecule has 0 saturated carbocycles. The maximum absolute atomic E-state index is 13.3. The van der Waals surface area contributed by atoms with Gasteiger partial charge in [-0.15, -0.1) is 0 Å². The number of allylic oxidation sites excluding steroid dienone is 14. The van der Waals surface area contributed by atoms with Crippen molar-refractivity contribution < 1.29 is 24.5 Å². The van der Waals surface area contributed by atoms with Gasteiger partial charge in [0.25, 0.3) is 0 Å². The Balaban J connectivity index is 4.63. The van der Waals surface area contributed by atoms with E-state index in [1.165, 1.54) is 135 Å². The summed E-state index contributed by atoms with van der Waals surface area (Å²) in [5, 5.41) is 23.9. The van der Waals surface area contributed by atoms with Crippen LogP contribution in [-0.4, -0.2) is 46.9 Å². The lowest BCUT2D eigenvalue weighted by molar-refractivity contribution is -0.150. The Labute approximate surface area is 421 Å². The molecule has 0 spiro atoms. The molecule has 6 heteroatoms. The van der Waals surface area contributed by atoms with Crippen molar-refractivity contribution in [2.24, 2.45) is 0 Å². The normalized spacial score (nSPS) is 13.8. The van der Waals surface area contributed by atoms with E-state index in [0.717, 1.165) is 83.5 Å². The average molecular weight is 949 g/mol. The van der Waals surface area contributed by atoms with Crippen LogP contribution in [0, 0.1) is 0 Å². The van der Waals surface area contributed by atoms with Crippen LogP contribution >= 0.6 is 0 Å². The van der Waals surface area contributed by atoms with E-state index in [0.29, 0.717) is 19.3 Å². The molecule has 0 aliphatic heterocycles. The highest BCUT2D eigenvalue weighted by Gasteiger charge is 2.24. The minimum Gasteiger partial charge on any atom is -0.462 e.